The molecule has 0 bridgehead atoms. The van der Waals surface area contributed by atoms with E-state index in [-0.39, 0.29) is 5.91 Å². The second-order valence-corrected chi connectivity index (χ2v) is 5.86. The molecular formula is C16H20BrN3O. The van der Waals surface area contributed by atoms with E-state index in [2.05, 4.69) is 34.9 Å². The number of rotatable bonds is 6. The van der Waals surface area contributed by atoms with Crippen LogP contribution in [-0.4, -0.2) is 33.7 Å². The molecule has 0 aliphatic heterocycles. The molecule has 1 aromatic heterocycles. The third-order valence-electron chi connectivity index (χ3n) is 3.19. The normalized spacial score (nSPS) is 10.6. The van der Waals surface area contributed by atoms with E-state index in [1.807, 2.05) is 29.2 Å². The van der Waals surface area contributed by atoms with Crippen LogP contribution < -0.4 is 0 Å². The third-order valence-corrected chi connectivity index (χ3v) is 3.72. The fourth-order valence-corrected chi connectivity index (χ4v) is 2.47. The molecule has 0 aliphatic rings. The second kappa shape index (κ2) is 7.41. The summed E-state index contributed by atoms with van der Waals surface area (Å²) < 4.78 is 2.75. The van der Waals surface area contributed by atoms with Gasteiger partial charge in [0.05, 0.1) is 17.4 Å². The van der Waals surface area contributed by atoms with Gasteiger partial charge < -0.3 is 4.90 Å². The zero-order valence-electron chi connectivity index (χ0n) is 12.4. The van der Waals surface area contributed by atoms with Crippen LogP contribution in [0.4, 0.5) is 0 Å². The summed E-state index contributed by atoms with van der Waals surface area (Å²) in [4.78, 5) is 14.4. The summed E-state index contributed by atoms with van der Waals surface area (Å²) in [6.45, 7) is 5.74. The van der Waals surface area contributed by atoms with Gasteiger partial charge in [0, 0.05) is 23.8 Å². The van der Waals surface area contributed by atoms with Crippen LogP contribution in [0, 0.1) is 0 Å². The minimum Gasteiger partial charge on any atom is -0.339 e. The van der Waals surface area contributed by atoms with E-state index >= 15 is 0 Å². The van der Waals surface area contributed by atoms with Gasteiger partial charge in [0.15, 0.2) is 0 Å². The SMILES string of the molecule is CCCN(CCC)C(=O)c1cnn(-c2ccc(Br)cc2)c1. The molecule has 2 aromatic rings. The van der Waals surface area contributed by atoms with Crippen molar-refractivity contribution in [1.29, 1.82) is 0 Å². The van der Waals surface area contributed by atoms with Crippen LogP contribution in [0.1, 0.15) is 37.0 Å². The Morgan fingerprint density at radius 1 is 1.19 bits per heavy atom. The van der Waals surface area contributed by atoms with Gasteiger partial charge in [0.1, 0.15) is 0 Å². The van der Waals surface area contributed by atoms with Gasteiger partial charge >= 0.3 is 0 Å². The number of halogens is 1. The minimum absolute atomic E-state index is 0.0575. The van der Waals surface area contributed by atoms with Crippen molar-refractivity contribution in [1.82, 2.24) is 14.7 Å². The largest absolute Gasteiger partial charge is 0.339 e. The van der Waals surface area contributed by atoms with E-state index < -0.39 is 0 Å². The number of nitrogens with zero attached hydrogens (tertiary/aromatic N) is 3. The van der Waals surface area contributed by atoms with Crippen molar-refractivity contribution in [3.63, 3.8) is 0 Å². The lowest BCUT2D eigenvalue weighted by Gasteiger charge is -2.20. The number of carbonyl (C=O) groups is 1. The smallest absolute Gasteiger partial charge is 0.257 e. The number of aromatic nitrogens is 2. The van der Waals surface area contributed by atoms with Crippen molar-refractivity contribution in [2.75, 3.05) is 13.1 Å². The van der Waals surface area contributed by atoms with Crippen LogP contribution in [0.3, 0.4) is 0 Å². The number of hydrogen-bond acceptors (Lipinski definition) is 2. The third kappa shape index (κ3) is 3.94. The number of amides is 1. The number of carbonyl (C=O) groups excluding carboxylic acids is 1. The Kier molecular flexibility index (Phi) is 5.56. The number of benzene rings is 1. The lowest BCUT2D eigenvalue weighted by atomic mass is 10.2. The molecular weight excluding hydrogens is 330 g/mol. The molecule has 0 fully saturated rings. The Balaban J connectivity index is 2.18. The summed E-state index contributed by atoms with van der Waals surface area (Å²) in [5.41, 5.74) is 1.58. The van der Waals surface area contributed by atoms with Crippen LogP contribution in [0.2, 0.25) is 0 Å². The van der Waals surface area contributed by atoms with E-state index in [0.717, 1.165) is 36.1 Å². The maximum absolute atomic E-state index is 12.5. The van der Waals surface area contributed by atoms with Crippen LogP contribution in [0.15, 0.2) is 41.1 Å². The summed E-state index contributed by atoms with van der Waals surface area (Å²) >= 11 is 3.41. The van der Waals surface area contributed by atoms with Crippen LogP contribution >= 0.6 is 15.9 Å². The van der Waals surface area contributed by atoms with Crippen molar-refractivity contribution in [3.8, 4) is 5.69 Å². The summed E-state index contributed by atoms with van der Waals surface area (Å²) in [7, 11) is 0. The zero-order valence-corrected chi connectivity index (χ0v) is 14.0. The molecule has 4 nitrogen and oxygen atoms in total. The second-order valence-electron chi connectivity index (χ2n) is 4.94. The molecule has 112 valence electrons. The van der Waals surface area contributed by atoms with Gasteiger partial charge in [-0.3, -0.25) is 4.79 Å². The first-order valence-corrected chi connectivity index (χ1v) is 8.05. The highest BCUT2D eigenvalue weighted by Crippen LogP contribution is 2.15. The Hall–Kier alpha value is -1.62. The summed E-state index contributed by atoms with van der Waals surface area (Å²) in [6, 6.07) is 7.83. The van der Waals surface area contributed by atoms with Crippen LogP contribution in [0.5, 0.6) is 0 Å². The molecule has 0 unspecified atom stereocenters. The van der Waals surface area contributed by atoms with E-state index in [9.17, 15) is 4.79 Å². The van der Waals surface area contributed by atoms with E-state index in [0.29, 0.717) is 5.56 Å². The Labute approximate surface area is 133 Å². The molecule has 21 heavy (non-hydrogen) atoms. The van der Waals surface area contributed by atoms with Gasteiger partial charge in [-0.05, 0) is 37.1 Å². The fraction of sp³-hybridized carbons (Fsp3) is 0.375. The zero-order chi connectivity index (χ0) is 15.2. The molecule has 0 N–H and O–H groups in total. The molecule has 1 heterocycles. The van der Waals surface area contributed by atoms with Crippen molar-refractivity contribution < 1.29 is 4.79 Å². The summed E-state index contributed by atoms with van der Waals surface area (Å²) in [5.74, 6) is 0.0575. The molecule has 0 atom stereocenters. The van der Waals surface area contributed by atoms with Crippen molar-refractivity contribution >= 4 is 21.8 Å². The van der Waals surface area contributed by atoms with Gasteiger partial charge in [-0.1, -0.05) is 29.8 Å². The average molecular weight is 350 g/mol. The van der Waals surface area contributed by atoms with Crippen LogP contribution in [-0.2, 0) is 0 Å². The number of hydrogen-bond donors (Lipinski definition) is 0. The maximum atomic E-state index is 12.5. The first kappa shape index (κ1) is 15.8. The maximum Gasteiger partial charge on any atom is 0.257 e. The molecule has 5 heteroatoms. The molecule has 0 saturated carbocycles. The van der Waals surface area contributed by atoms with Gasteiger partial charge in [-0.15, -0.1) is 0 Å². The molecule has 0 spiro atoms. The molecule has 0 saturated heterocycles. The molecule has 0 aliphatic carbocycles. The van der Waals surface area contributed by atoms with Gasteiger partial charge in [0.25, 0.3) is 5.91 Å². The van der Waals surface area contributed by atoms with Crippen LogP contribution in [0.25, 0.3) is 5.69 Å². The quantitative estimate of drug-likeness (QED) is 0.793. The van der Waals surface area contributed by atoms with Crippen molar-refractivity contribution in [3.05, 3.63) is 46.7 Å². The lowest BCUT2D eigenvalue weighted by molar-refractivity contribution is 0.0755. The van der Waals surface area contributed by atoms with Crippen molar-refractivity contribution in [2.45, 2.75) is 26.7 Å². The van der Waals surface area contributed by atoms with E-state index in [1.165, 1.54) is 0 Å². The fourth-order valence-electron chi connectivity index (χ4n) is 2.21. The topological polar surface area (TPSA) is 38.1 Å². The minimum atomic E-state index is 0.0575. The molecule has 2 rings (SSSR count). The van der Waals surface area contributed by atoms with Gasteiger partial charge in [0.2, 0.25) is 0 Å². The highest BCUT2D eigenvalue weighted by Gasteiger charge is 2.16. The van der Waals surface area contributed by atoms with Gasteiger partial charge in [-0.2, -0.15) is 5.10 Å². The highest BCUT2D eigenvalue weighted by atomic mass is 79.9. The summed E-state index contributed by atoms with van der Waals surface area (Å²) in [5, 5.41) is 4.29. The first-order valence-electron chi connectivity index (χ1n) is 7.25. The Morgan fingerprint density at radius 2 is 1.81 bits per heavy atom. The summed E-state index contributed by atoms with van der Waals surface area (Å²) in [6.07, 6.45) is 5.37. The molecule has 1 aromatic carbocycles. The van der Waals surface area contributed by atoms with Crippen molar-refractivity contribution in [2.24, 2.45) is 0 Å². The first-order chi connectivity index (χ1) is 10.2. The van der Waals surface area contributed by atoms with E-state index in [4.69, 9.17) is 0 Å². The Morgan fingerprint density at radius 3 is 2.38 bits per heavy atom. The average Bonchev–Trinajstić information content (AvgIpc) is 2.97. The van der Waals surface area contributed by atoms with E-state index in [1.54, 1.807) is 17.1 Å². The lowest BCUT2D eigenvalue weighted by Crippen LogP contribution is -2.32. The molecule has 1 amide bonds. The predicted molar refractivity (Wildman–Crippen MR) is 87.7 cm³/mol. The Bertz CT molecular complexity index is 586. The predicted octanol–water partition coefficient (Wildman–Crippen LogP) is 3.90. The highest BCUT2D eigenvalue weighted by molar-refractivity contribution is 9.10. The monoisotopic (exact) mass is 349 g/mol. The molecule has 0 radical (unpaired) electrons. The standard InChI is InChI=1S/C16H20BrN3O/c1-3-9-19(10-4-2)16(21)13-11-18-20(12-13)15-7-5-14(17)6-8-15/h5-8,11-12H,3-4,9-10H2,1-2H3. The van der Waals surface area contributed by atoms with Gasteiger partial charge in [-0.25, -0.2) is 4.68 Å².